The van der Waals surface area contributed by atoms with E-state index in [-0.39, 0.29) is 18.0 Å². The number of carbonyl (C=O) groups is 1. The first kappa shape index (κ1) is 23.0. The molecule has 180 valence electrons. The zero-order valence-corrected chi connectivity index (χ0v) is 21.0. The average molecular weight is 480 g/mol. The lowest BCUT2D eigenvalue weighted by Gasteiger charge is -2.30. The molecule has 2 aromatic rings. The summed E-state index contributed by atoms with van der Waals surface area (Å²) in [4.78, 5) is 22.8. The van der Waals surface area contributed by atoms with Crippen LogP contribution in [0.1, 0.15) is 82.2 Å². The van der Waals surface area contributed by atoms with E-state index in [2.05, 4.69) is 17.6 Å². The maximum absolute atomic E-state index is 13.1. The summed E-state index contributed by atoms with van der Waals surface area (Å²) in [7, 11) is 0. The number of hydrazone groups is 1. The van der Waals surface area contributed by atoms with Crippen molar-refractivity contribution in [3.05, 3.63) is 34.2 Å². The molecule has 2 unspecified atom stereocenters. The lowest BCUT2D eigenvalue weighted by Crippen LogP contribution is -2.54. The standard InChI is InChI=1S/C26H33N5O2S/c1-4-9-22-27-16(3)23-25(32)29-24(30-31(22)23)19-14-18(12-13-21(19)33-5-2)20-15-34-26(28-20)17-10-7-6-8-11-17/h12-17,23H,4-11H2,1-3H3,(H,29,30,32). The highest BCUT2D eigenvalue weighted by molar-refractivity contribution is 7.10. The predicted octanol–water partition coefficient (Wildman–Crippen LogP) is 5.32. The van der Waals surface area contributed by atoms with E-state index in [1.165, 1.54) is 37.1 Å². The third-order valence-corrected chi connectivity index (χ3v) is 7.84. The fraction of sp³-hybridized carbons (Fsp3) is 0.538. The van der Waals surface area contributed by atoms with Crippen molar-refractivity contribution in [3.8, 4) is 17.0 Å². The summed E-state index contributed by atoms with van der Waals surface area (Å²) in [6, 6.07) is 5.55. The molecule has 0 radical (unpaired) electrons. The Morgan fingerprint density at radius 3 is 2.79 bits per heavy atom. The van der Waals surface area contributed by atoms with Crippen LogP contribution in [0.25, 0.3) is 11.3 Å². The van der Waals surface area contributed by atoms with Gasteiger partial charge in [-0.25, -0.2) is 9.99 Å². The van der Waals surface area contributed by atoms with Gasteiger partial charge >= 0.3 is 0 Å². The molecular formula is C26H33N5O2S. The number of ether oxygens (including phenoxy) is 1. The number of aliphatic imine (C=N–C) groups is 1. The molecular weight excluding hydrogens is 446 g/mol. The fourth-order valence-electron chi connectivity index (χ4n) is 5.14. The monoisotopic (exact) mass is 479 g/mol. The van der Waals surface area contributed by atoms with Crippen molar-refractivity contribution in [1.29, 1.82) is 0 Å². The number of amidine groups is 2. The zero-order chi connectivity index (χ0) is 23.7. The predicted molar refractivity (Wildman–Crippen MR) is 137 cm³/mol. The van der Waals surface area contributed by atoms with E-state index in [1.54, 1.807) is 11.3 Å². The molecule has 0 bridgehead atoms. The average Bonchev–Trinajstić information content (AvgIpc) is 3.46. The van der Waals surface area contributed by atoms with Gasteiger partial charge in [-0.1, -0.05) is 26.2 Å². The van der Waals surface area contributed by atoms with Crippen molar-refractivity contribution in [1.82, 2.24) is 15.3 Å². The van der Waals surface area contributed by atoms with Crippen molar-refractivity contribution in [3.63, 3.8) is 0 Å². The first-order valence-electron chi connectivity index (χ1n) is 12.6. The Kier molecular flexibility index (Phi) is 6.68. The van der Waals surface area contributed by atoms with E-state index in [1.807, 2.05) is 37.1 Å². The van der Waals surface area contributed by atoms with Crippen LogP contribution in [-0.4, -0.2) is 46.3 Å². The molecule has 34 heavy (non-hydrogen) atoms. The Bertz CT molecular complexity index is 1120. The molecule has 3 aliphatic rings. The van der Waals surface area contributed by atoms with E-state index >= 15 is 0 Å². The Balaban J connectivity index is 1.50. The van der Waals surface area contributed by atoms with Crippen LogP contribution in [0.3, 0.4) is 0 Å². The van der Waals surface area contributed by atoms with Crippen molar-refractivity contribution < 1.29 is 9.53 Å². The van der Waals surface area contributed by atoms with Crippen LogP contribution in [0.5, 0.6) is 5.75 Å². The van der Waals surface area contributed by atoms with E-state index in [9.17, 15) is 4.79 Å². The fourth-order valence-corrected chi connectivity index (χ4v) is 6.14. The molecule has 7 nitrogen and oxygen atoms in total. The molecule has 1 fully saturated rings. The summed E-state index contributed by atoms with van der Waals surface area (Å²) in [5.74, 6) is 2.59. The molecule has 1 aromatic carbocycles. The number of fused-ring (bicyclic) bond motifs is 1. The van der Waals surface area contributed by atoms with Gasteiger partial charge < -0.3 is 10.1 Å². The number of hydrogen-bond acceptors (Lipinski definition) is 7. The lowest BCUT2D eigenvalue weighted by molar-refractivity contribution is -0.124. The molecule has 1 N–H and O–H groups in total. The third kappa shape index (κ3) is 4.35. The number of rotatable bonds is 7. The summed E-state index contributed by atoms with van der Waals surface area (Å²) < 4.78 is 5.92. The van der Waals surface area contributed by atoms with Crippen LogP contribution in [0.2, 0.25) is 0 Å². The minimum Gasteiger partial charge on any atom is -0.493 e. The quantitative estimate of drug-likeness (QED) is 0.583. The Morgan fingerprint density at radius 2 is 2.03 bits per heavy atom. The number of hydrogen-bond donors (Lipinski definition) is 1. The van der Waals surface area contributed by atoms with Gasteiger partial charge in [0.25, 0.3) is 5.91 Å². The number of nitrogens with one attached hydrogen (secondary N) is 1. The molecule has 8 heteroatoms. The Hall–Kier alpha value is -2.74. The first-order valence-corrected chi connectivity index (χ1v) is 13.4. The summed E-state index contributed by atoms with van der Waals surface area (Å²) >= 11 is 1.76. The second-order valence-electron chi connectivity index (χ2n) is 9.31. The maximum Gasteiger partial charge on any atom is 0.252 e. The van der Waals surface area contributed by atoms with E-state index in [0.717, 1.165) is 35.5 Å². The van der Waals surface area contributed by atoms with Crippen molar-refractivity contribution in [2.45, 2.75) is 83.7 Å². The SMILES string of the molecule is CCCC1=NC(C)C2C(=O)NC(c3cc(-c4csc(C5CCCCC5)n4)ccc3OCC)=NN12. The first-order chi connectivity index (χ1) is 16.6. The number of thiazole rings is 1. The molecule has 2 aliphatic heterocycles. The highest BCUT2D eigenvalue weighted by Gasteiger charge is 2.42. The van der Waals surface area contributed by atoms with Crippen LogP contribution in [0.4, 0.5) is 0 Å². The van der Waals surface area contributed by atoms with Gasteiger partial charge in [-0.3, -0.25) is 9.79 Å². The minimum absolute atomic E-state index is 0.0755. The smallest absolute Gasteiger partial charge is 0.252 e. The Labute approximate surface area is 205 Å². The second kappa shape index (κ2) is 9.86. The van der Waals surface area contributed by atoms with Gasteiger partial charge in [0.15, 0.2) is 11.9 Å². The second-order valence-corrected chi connectivity index (χ2v) is 10.2. The molecule has 2 atom stereocenters. The number of nitrogens with zero attached hydrogens (tertiary/aromatic N) is 4. The van der Waals surface area contributed by atoms with Gasteiger partial charge in [0.1, 0.15) is 11.6 Å². The minimum atomic E-state index is -0.388. The van der Waals surface area contributed by atoms with Crippen molar-refractivity contribution in [2.75, 3.05) is 6.61 Å². The van der Waals surface area contributed by atoms with Crippen LogP contribution in [0.15, 0.2) is 33.7 Å². The van der Waals surface area contributed by atoms with Crippen molar-refractivity contribution >= 4 is 28.9 Å². The van der Waals surface area contributed by atoms with Gasteiger partial charge in [0.2, 0.25) is 0 Å². The topological polar surface area (TPSA) is 79.2 Å². The van der Waals surface area contributed by atoms with Gasteiger partial charge in [0.05, 0.1) is 28.9 Å². The van der Waals surface area contributed by atoms with Gasteiger partial charge in [-0.05, 0) is 51.3 Å². The molecule has 0 spiro atoms. The molecule has 3 heterocycles. The normalized spacial score (nSPS) is 22.8. The summed E-state index contributed by atoms with van der Waals surface area (Å²) in [6.07, 6.45) is 8.16. The number of carbonyl (C=O) groups excluding carboxylic acids is 1. The zero-order valence-electron chi connectivity index (χ0n) is 20.2. The molecule has 1 aliphatic carbocycles. The molecule has 0 saturated heterocycles. The van der Waals surface area contributed by atoms with Crippen LogP contribution in [0, 0.1) is 0 Å². The highest BCUT2D eigenvalue weighted by atomic mass is 32.1. The molecule has 5 rings (SSSR count). The number of benzene rings is 1. The van der Waals surface area contributed by atoms with E-state index in [4.69, 9.17) is 19.8 Å². The van der Waals surface area contributed by atoms with Gasteiger partial charge in [0, 0.05) is 23.3 Å². The van der Waals surface area contributed by atoms with Crippen LogP contribution < -0.4 is 10.1 Å². The highest BCUT2D eigenvalue weighted by Crippen LogP contribution is 2.37. The summed E-state index contributed by atoms with van der Waals surface area (Å²) in [5.41, 5.74) is 2.75. The van der Waals surface area contributed by atoms with Gasteiger partial charge in [-0.2, -0.15) is 5.10 Å². The summed E-state index contributed by atoms with van der Waals surface area (Å²) in [5, 5.41) is 13.1. The van der Waals surface area contributed by atoms with Crippen LogP contribution >= 0.6 is 11.3 Å². The third-order valence-electron chi connectivity index (χ3n) is 6.84. The molecule has 1 amide bonds. The molecule has 1 aromatic heterocycles. The van der Waals surface area contributed by atoms with E-state index < -0.39 is 0 Å². The summed E-state index contributed by atoms with van der Waals surface area (Å²) in [6.45, 7) is 6.57. The van der Waals surface area contributed by atoms with E-state index in [0.29, 0.717) is 24.1 Å². The van der Waals surface area contributed by atoms with Gasteiger partial charge in [-0.15, -0.1) is 11.3 Å². The Morgan fingerprint density at radius 1 is 1.21 bits per heavy atom. The molecule has 1 saturated carbocycles. The maximum atomic E-state index is 13.1. The largest absolute Gasteiger partial charge is 0.493 e. The lowest BCUT2D eigenvalue weighted by atomic mass is 9.90. The number of aromatic nitrogens is 1. The van der Waals surface area contributed by atoms with Crippen LogP contribution in [-0.2, 0) is 4.79 Å². The van der Waals surface area contributed by atoms with Crippen molar-refractivity contribution in [2.24, 2.45) is 10.1 Å². The number of amides is 1.